The topological polar surface area (TPSA) is 12.9 Å². The van der Waals surface area contributed by atoms with E-state index in [1.54, 1.807) is 0 Å². The molecule has 0 radical (unpaired) electrons. The molecule has 1 nitrogen and oxygen atoms in total. The quantitative estimate of drug-likeness (QED) is 0.207. The third kappa shape index (κ3) is 3.75. The van der Waals surface area contributed by atoms with Gasteiger partial charge in [-0.2, -0.15) is 0 Å². The maximum absolute atomic E-state index is 4.97. The standard InChI is InChI=1S/C37H37NS/c1-35(2,3)29-19-23(18-22-10-8-9-11-24(22)29)33-25-12-13-26-28-20-30-31(37(6,7)16-15-36(30,4)5)21-32(28)39-34(26)27(25)14-17-38-33/h8-14,17-21H,15-16H2,1-7H3. The molecule has 0 saturated heterocycles. The molecule has 2 aromatic heterocycles. The Morgan fingerprint density at radius 1 is 0.692 bits per heavy atom. The number of thiophene rings is 1. The highest BCUT2D eigenvalue weighted by Gasteiger charge is 2.37. The third-order valence-electron chi connectivity index (χ3n) is 9.29. The molecule has 0 fully saturated rings. The predicted molar refractivity (Wildman–Crippen MR) is 172 cm³/mol. The zero-order valence-corrected chi connectivity index (χ0v) is 25.0. The normalized spacial score (nSPS) is 16.8. The van der Waals surface area contributed by atoms with Gasteiger partial charge in [0.1, 0.15) is 0 Å². The number of rotatable bonds is 1. The van der Waals surface area contributed by atoms with Gasteiger partial charge in [0.25, 0.3) is 0 Å². The van der Waals surface area contributed by atoms with Crippen LogP contribution < -0.4 is 0 Å². The zero-order valence-electron chi connectivity index (χ0n) is 24.2. The van der Waals surface area contributed by atoms with Gasteiger partial charge in [0.05, 0.1) is 5.69 Å². The summed E-state index contributed by atoms with van der Waals surface area (Å²) in [4.78, 5) is 4.97. The van der Waals surface area contributed by atoms with E-state index in [4.69, 9.17) is 4.98 Å². The van der Waals surface area contributed by atoms with E-state index < -0.39 is 0 Å². The van der Waals surface area contributed by atoms with Crippen molar-refractivity contribution in [2.24, 2.45) is 0 Å². The summed E-state index contributed by atoms with van der Waals surface area (Å²) in [5.74, 6) is 0. The second-order valence-electron chi connectivity index (χ2n) is 14.0. The summed E-state index contributed by atoms with van der Waals surface area (Å²) in [6.45, 7) is 16.6. The van der Waals surface area contributed by atoms with Crippen LogP contribution in [0.4, 0.5) is 0 Å². The molecule has 0 atom stereocenters. The van der Waals surface area contributed by atoms with Crippen LogP contribution in [0.1, 0.15) is 78.0 Å². The lowest BCUT2D eigenvalue weighted by Crippen LogP contribution is -2.33. The maximum atomic E-state index is 4.97. The van der Waals surface area contributed by atoms with Gasteiger partial charge in [-0.25, -0.2) is 0 Å². The van der Waals surface area contributed by atoms with Crippen LogP contribution in [0.5, 0.6) is 0 Å². The summed E-state index contributed by atoms with van der Waals surface area (Å²) in [6.07, 6.45) is 4.48. The number of hydrogen-bond acceptors (Lipinski definition) is 2. The van der Waals surface area contributed by atoms with Crippen molar-refractivity contribution < 1.29 is 0 Å². The van der Waals surface area contributed by atoms with Gasteiger partial charge in [-0.05, 0) is 86.9 Å². The van der Waals surface area contributed by atoms with Crippen LogP contribution in [0.15, 0.2) is 72.9 Å². The van der Waals surface area contributed by atoms with E-state index in [-0.39, 0.29) is 16.2 Å². The van der Waals surface area contributed by atoms with E-state index in [1.165, 1.54) is 76.8 Å². The van der Waals surface area contributed by atoms with E-state index in [9.17, 15) is 0 Å². The SMILES string of the molecule is CC(C)(C)c1cc(-c2nccc3c2ccc2c4cc5c(cc4sc32)C(C)(C)CCC5(C)C)cc2ccccc12. The van der Waals surface area contributed by atoms with Crippen molar-refractivity contribution >= 4 is 53.1 Å². The Morgan fingerprint density at radius 3 is 2.10 bits per heavy atom. The molecular weight excluding hydrogens is 490 g/mol. The summed E-state index contributed by atoms with van der Waals surface area (Å²) < 4.78 is 2.78. The summed E-state index contributed by atoms with van der Waals surface area (Å²) in [5, 5.41) is 7.92. The van der Waals surface area contributed by atoms with E-state index in [2.05, 4.69) is 115 Å². The molecule has 7 rings (SSSR count). The van der Waals surface area contributed by atoms with Crippen molar-refractivity contribution in [1.29, 1.82) is 0 Å². The van der Waals surface area contributed by atoms with Gasteiger partial charge in [0, 0.05) is 42.7 Å². The van der Waals surface area contributed by atoms with Crippen LogP contribution in [-0.2, 0) is 16.2 Å². The number of fused-ring (bicyclic) bond motifs is 7. The minimum absolute atomic E-state index is 0.0413. The molecular formula is C37H37NS. The van der Waals surface area contributed by atoms with Gasteiger partial charge in [-0.3, -0.25) is 4.98 Å². The highest BCUT2D eigenvalue weighted by Crippen LogP contribution is 2.50. The lowest BCUT2D eigenvalue weighted by Gasteiger charge is -2.41. The van der Waals surface area contributed by atoms with Crippen LogP contribution in [0, 0.1) is 0 Å². The first kappa shape index (κ1) is 24.8. The number of nitrogens with zero attached hydrogens (tertiary/aromatic N) is 1. The molecule has 0 bridgehead atoms. The molecule has 2 heterocycles. The van der Waals surface area contributed by atoms with Crippen LogP contribution >= 0.6 is 11.3 Å². The highest BCUT2D eigenvalue weighted by molar-refractivity contribution is 7.26. The summed E-state index contributed by atoms with van der Waals surface area (Å²) >= 11 is 1.95. The minimum atomic E-state index is 0.0413. The van der Waals surface area contributed by atoms with Crippen molar-refractivity contribution in [3.8, 4) is 11.3 Å². The Labute approximate surface area is 235 Å². The Morgan fingerprint density at radius 2 is 1.36 bits per heavy atom. The van der Waals surface area contributed by atoms with E-state index in [0.717, 1.165) is 5.69 Å². The average Bonchev–Trinajstić information content (AvgIpc) is 3.27. The fourth-order valence-corrected chi connectivity index (χ4v) is 8.10. The monoisotopic (exact) mass is 527 g/mol. The predicted octanol–water partition coefficient (Wildman–Crippen LogP) is 11.1. The number of hydrogen-bond donors (Lipinski definition) is 0. The van der Waals surface area contributed by atoms with Gasteiger partial charge in [0.2, 0.25) is 0 Å². The minimum Gasteiger partial charge on any atom is -0.256 e. The van der Waals surface area contributed by atoms with Crippen molar-refractivity contribution in [3.63, 3.8) is 0 Å². The Hall–Kier alpha value is -3.23. The number of pyridine rings is 1. The summed E-state index contributed by atoms with van der Waals surface area (Å²) in [5.41, 5.74) is 7.18. The Bertz CT molecular complexity index is 1940. The molecule has 0 amide bonds. The second-order valence-corrected chi connectivity index (χ2v) is 15.0. The van der Waals surface area contributed by atoms with E-state index in [0.29, 0.717) is 0 Å². The molecule has 196 valence electrons. The average molecular weight is 528 g/mol. The molecule has 1 aliphatic rings. The zero-order chi connectivity index (χ0) is 27.3. The van der Waals surface area contributed by atoms with Crippen LogP contribution in [0.3, 0.4) is 0 Å². The first-order chi connectivity index (χ1) is 18.4. The maximum Gasteiger partial charge on any atom is 0.0781 e. The smallest absolute Gasteiger partial charge is 0.0781 e. The lowest BCUT2D eigenvalue weighted by atomic mass is 9.63. The van der Waals surface area contributed by atoms with Crippen LogP contribution in [0.25, 0.3) is 53.0 Å². The Kier molecular flexibility index (Phi) is 5.18. The summed E-state index contributed by atoms with van der Waals surface area (Å²) in [7, 11) is 0. The molecule has 39 heavy (non-hydrogen) atoms. The molecule has 6 aromatic rings. The molecule has 0 unspecified atom stereocenters. The van der Waals surface area contributed by atoms with Crippen LogP contribution in [-0.4, -0.2) is 4.98 Å². The van der Waals surface area contributed by atoms with Crippen molar-refractivity contribution in [1.82, 2.24) is 4.98 Å². The fraction of sp³-hybridized carbons (Fsp3) is 0.324. The molecule has 2 heteroatoms. The summed E-state index contributed by atoms with van der Waals surface area (Å²) in [6, 6.07) is 25.4. The molecule has 4 aromatic carbocycles. The first-order valence-electron chi connectivity index (χ1n) is 14.3. The molecule has 0 saturated carbocycles. The number of aromatic nitrogens is 1. The molecule has 0 spiro atoms. The second kappa shape index (κ2) is 8.15. The third-order valence-corrected chi connectivity index (χ3v) is 10.5. The van der Waals surface area contributed by atoms with Gasteiger partial charge >= 0.3 is 0 Å². The lowest BCUT2D eigenvalue weighted by molar-refractivity contribution is 0.332. The Balaban J connectivity index is 1.50. The number of benzene rings is 4. The van der Waals surface area contributed by atoms with Crippen molar-refractivity contribution in [2.45, 2.75) is 77.6 Å². The molecule has 0 N–H and O–H groups in total. The largest absolute Gasteiger partial charge is 0.256 e. The molecule has 1 aliphatic carbocycles. The van der Waals surface area contributed by atoms with E-state index >= 15 is 0 Å². The van der Waals surface area contributed by atoms with Gasteiger partial charge in [-0.15, -0.1) is 11.3 Å². The van der Waals surface area contributed by atoms with Crippen molar-refractivity contribution in [2.75, 3.05) is 0 Å². The molecule has 0 aliphatic heterocycles. The highest BCUT2D eigenvalue weighted by atomic mass is 32.1. The first-order valence-corrected chi connectivity index (χ1v) is 15.1. The van der Waals surface area contributed by atoms with E-state index in [1.807, 2.05) is 17.5 Å². The van der Waals surface area contributed by atoms with Crippen LogP contribution in [0.2, 0.25) is 0 Å². The van der Waals surface area contributed by atoms with Crippen molar-refractivity contribution in [3.05, 3.63) is 89.6 Å². The fourth-order valence-electron chi connectivity index (χ4n) is 6.85. The van der Waals surface area contributed by atoms with Gasteiger partial charge < -0.3 is 0 Å². The van der Waals surface area contributed by atoms with Gasteiger partial charge in [-0.1, -0.05) is 84.9 Å². The van der Waals surface area contributed by atoms with Gasteiger partial charge in [0.15, 0.2) is 0 Å².